The number of thiazole rings is 1. The van der Waals surface area contributed by atoms with Crippen molar-refractivity contribution in [3.8, 4) is 21.3 Å². The number of benzene rings is 1. The molecule has 102 valence electrons. The van der Waals surface area contributed by atoms with Crippen LogP contribution in [0.5, 0.6) is 0 Å². The summed E-state index contributed by atoms with van der Waals surface area (Å²) in [4.78, 5) is 9.83. The van der Waals surface area contributed by atoms with Crippen molar-refractivity contribution >= 4 is 23.6 Å². The summed E-state index contributed by atoms with van der Waals surface area (Å²) in [6.45, 7) is 0.437. The molecule has 2 N–H and O–H groups in total. The molecule has 0 aliphatic rings. The fourth-order valence-electron chi connectivity index (χ4n) is 1.85. The minimum atomic E-state index is 0.429. The molecule has 7 heteroatoms. The van der Waals surface area contributed by atoms with Crippen LogP contribution in [-0.2, 0) is 11.3 Å². The summed E-state index contributed by atoms with van der Waals surface area (Å²) < 4.78 is 5.64. The third-order valence-electron chi connectivity index (χ3n) is 2.72. The van der Waals surface area contributed by atoms with Gasteiger partial charge in [0.05, 0.1) is 17.2 Å². The van der Waals surface area contributed by atoms with E-state index in [0.29, 0.717) is 17.2 Å². The number of nitrogens with one attached hydrogen (secondary N) is 2. The van der Waals surface area contributed by atoms with Gasteiger partial charge in [0, 0.05) is 12.7 Å². The first-order chi connectivity index (χ1) is 9.78. The normalized spacial score (nSPS) is 10.8. The molecule has 0 bridgehead atoms. The number of aromatic nitrogens is 4. The zero-order valence-corrected chi connectivity index (χ0v) is 12.3. The third-order valence-corrected chi connectivity index (χ3v) is 4.06. The average Bonchev–Trinajstić information content (AvgIpc) is 3.07. The van der Waals surface area contributed by atoms with E-state index in [4.69, 9.17) is 17.0 Å². The van der Waals surface area contributed by atoms with Crippen molar-refractivity contribution < 1.29 is 4.74 Å². The monoisotopic (exact) mass is 304 g/mol. The molecule has 1 aromatic carbocycles. The Bertz CT molecular complexity index is 760. The van der Waals surface area contributed by atoms with E-state index in [1.807, 2.05) is 30.3 Å². The first-order valence-electron chi connectivity index (χ1n) is 5.97. The Kier molecular flexibility index (Phi) is 3.72. The van der Waals surface area contributed by atoms with E-state index in [-0.39, 0.29) is 0 Å². The van der Waals surface area contributed by atoms with Crippen molar-refractivity contribution in [2.24, 2.45) is 0 Å². The minimum Gasteiger partial charge on any atom is -0.378 e. The van der Waals surface area contributed by atoms with Crippen molar-refractivity contribution in [1.82, 2.24) is 20.2 Å². The van der Waals surface area contributed by atoms with Gasteiger partial charge >= 0.3 is 0 Å². The van der Waals surface area contributed by atoms with Crippen molar-refractivity contribution in [3.05, 3.63) is 40.8 Å². The lowest BCUT2D eigenvalue weighted by Crippen LogP contribution is -1.91. The summed E-state index contributed by atoms with van der Waals surface area (Å²) in [5.74, 6) is 0.696. The van der Waals surface area contributed by atoms with Gasteiger partial charge in [0.15, 0.2) is 5.82 Å². The van der Waals surface area contributed by atoms with Gasteiger partial charge in [0.2, 0.25) is 4.77 Å². The molecular formula is C13H12N4OS2. The topological polar surface area (TPSA) is 66.6 Å². The molecule has 0 spiro atoms. The zero-order valence-electron chi connectivity index (χ0n) is 10.7. The largest absolute Gasteiger partial charge is 0.378 e. The predicted octanol–water partition coefficient (Wildman–Crippen LogP) is 3.40. The molecule has 0 amide bonds. The second-order valence-corrected chi connectivity index (χ2v) is 5.50. The quantitative estimate of drug-likeness (QED) is 0.725. The van der Waals surface area contributed by atoms with Gasteiger partial charge in [-0.05, 0) is 12.2 Å². The first kappa shape index (κ1) is 13.2. The summed E-state index contributed by atoms with van der Waals surface area (Å²) in [6.07, 6.45) is 0. The summed E-state index contributed by atoms with van der Waals surface area (Å²) in [7, 11) is 1.65. The van der Waals surface area contributed by atoms with Gasteiger partial charge in [-0.2, -0.15) is 4.98 Å². The van der Waals surface area contributed by atoms with Crippen molar-refractivity contribution in [2.75, 3.05) is 7.11 Å². The van der Waals surface area contributed by atoms with Gasteiger partial charge in [-0.25, -0.2) is 4.98 Å². The molecule has 3 rings (SSSR count). The van der Waals surface area contributed by atoms with E-state index in [2.05, 4.69) is 20.2 Å². The van der Waals surface area contributed by atoms with Crippen LogP contribution in [0.3, 0.4) is 0 Å². The van der Waals surface area contributed by atoms with Crippen LogP contribution in [0.15, 0.2) is 30.3 Å². The van der Waals surface area contributed by atoms with E-state index < -0.39 is 0 Å². The number of methoxy groups -OCH3 is 1. The Morgan fingerprint density at radius 3 is 2.65 bits per heavy atom. The van der Waals surface area contributed by atoms with Crippen molar-refractivity contribution in [3.63, 3.8) is 0 Å². The van der Waals surface area contributed by atoms with Gasteiger partial charge in [0.25, 0.3) is 0 Å². The summed E-state index contributed by atoms with van der Waals surface area (Å²) in [5.41, 5.74) is 1.93. The Balaban J connectivity index is 2.09. The van der Waals surface area contributed by atoms with Gasteiger partial charge in [-0.1, -0.05) is 30.3 Å². The molecule has 3 aromatic rings. The molecule has 0 radical (unpaired) electrons. The molecule has 0 saturated heterocycles. The Labute approximate surface area is 124 Å². The van der Waals surface area contributed by atoms with Crippen LogP contribution in [0, 0.1) is 4.77 Å². The van der Waals surface area contributed by atoms with Gasteiger partial charge in [-0.15, -0.1) is 11.3 Å². The van der Waals surface area contributed by atoms with Crippen LogP contribution in [0.25, 0.3) is 21.3 Å². The fraction of sp³-hybridized carbons (Fsp3) is 0.154. The molecule has 20 heavy (non-hydrogen) atoms. The van der Waals surface area contributed by atoms with Gasteiger partial charge < -0.3 is 4.74 Å². The maximum absolute atomic E-state index is 5.21. The number of aromatic amines is 2. The second kappa shape index (κ2) is 5.66. The Morgan fingerprint density at radius 2 is 2.00 bits per heavy atom. The van der Waals surface area contributed by atoms with E-state index >= 15 is 0 Å². The fourth-order valence-corrected chi connectivity index (χ4v) is 3.01. The molecule has 0 aliphatic carbocycles. The molecule has 0 unspecified atom stereocenters. The van der Waals surface area contributed by atoms with Crippen LogP contribution in [-0.4, -0.2) is 27.3 Å². The number of hydrogen-bond donors (Lipinski definition) is 2. The summed E-state index contributed by atoms with van der Waals surface area (Å²) >= 11 is 6.56. The summed E-state index contributed by atoms with van der Waals surface area (Å²) in [5, 5.41) is 6.70. The highest BCUT2D eigenvalue weighted by molar-refractivity contribution is 7.71. The van der Waals surface area contributed by atoms with E-state index in [1.54, 1.807) is 18.4 Å². The lowest BCUT2D eigenvalue weighted by atomic mass is 10.2. The van der Waals surface area contributed by atoms with Crippen LogP contribution < -0.4 is 0 Å². The van der Waals surface area contributed by atoms with Gasteiger partial charge in [0.1, 0.15) is 5.01 Å². The van der Waals surface area contributed by atoms with E-state index in [1.165, 1.54) is 0 Å². The first-order valence-corrected chi connectivity index (χ1v) is 7.19. The molecule has 0 saturated carbocycles. The van der Waals surface area contributed by atoms with Crippen molar-refractivity contribution in [2.45, 2.75) is 6.61 Å². The SMILES string of the molecule is COCc1nc(-c2ccccc2)sc1-c1nc(=S)[nH][nH]1. The molecule has 0 aliphatic heterocycles. The number of ether oxygens (including phenoxy) is 1. The molecule has 2 heterocycles. The molecule has 0 atom stereocenters. The highest BCUT2D eigenvalue weighted by Crippen LogP contribution is 2.33. The second-order valence-electron chi connectivity index (χ2n) is 4.11. The highest BCUT2D eigenvalue weighted by Gasteiger charge is 2.16. The Morgan fingerprint density at radius 1 is 1.20 bits per heavy atom. The lowest BCUT2D eigenvalue weighted by molar-refractivity contribution is 0.182. The standard InChI is InChI=1S/C13H12N4OS2/c1-18-7-9-10(11-15-13(19)17-16-11)20-12(14-9)8-5-3-2-4-6-8/h2-6H,7H2,1H3,(H2,15,16,17,19). The van der Waals surface area contributed by atoms with Crippen LogP contribution in [0.2, 0.25) is 0 Å². The van der Waals surface area contributed by atoms with E-state index in [0.717, 1.165) is 21.1 Å². The van der Waals surface area contributed by atoms with Crippen molar-refractivity contribution in [1.29, 1.82) is 0 Å². The average molecular weight is 304 g/mol. The third kappa shape index (κ3) is 2.55. The number of H-pyrrole nitrogens is 2. The van der Waals surface area contributed by atoms with Gasteiger partial charge in [-0.3, -0.25) is 10.2 Å². The molecule has 2 aromatic heterocycles. The Hall–Kier alpha value is -1.83. The zero-order chi connectivity index (χ0) is 13.9. The summed E-state index contributed by atoms with van der Waals surface area (Å²) in [6, 6.07) is 10.0. The molecule has 5 nitrogen and oxygen atoms in total. The number of rotatable bonds is 4. The van der Waals surface area contributed by atoms with Crippen LogP contribution in [0.1, 0.15) is 5.69 Å². The minimum absolute atomic E-state index is 0.429. The maximum atomic E-state index is 5.21. The maximum Gasteiger partial charge on any atom is 0.213 e. The lowest BCUT2D eigenvalue weighted by Gasteiger charge is -1.96. The van der Waals surface area contributed by atoms with Crippen LogP contribution >= 0.6 is 23.6 Å². The van der Waals surface area contributed by atoms with Crippen LogP contribution in [0.4, 0.5) is 0 Å². The van der Waals surface area contributed by atoms with E-state index in [9.17, 15) is 0 Å². The predicted molar refractivity (Wildman–Crippen MR) is 81.0 cm³/mol. The number of nitrogens with zero attached hydrogens (tertiary/aromatic N) is 2. The smallest absolute Gasteiger partial charge is 0.213 e. The number of hydrogen-bond acceptors (Lipinski definition) is 5. The highest BCUT2D eigenvalue weighted by atomic mass is 32.1. The molecular weight excluding hydrogens is 292 g/mol. The molecule has 0 fully saturated rings.